The van der Waals surface area contributed by atoms with Gasteiger partial charge in [-0.1, -0.05) is 13.8 Å². The van der Waals surface area contributed by atoms with Gasteiger partial charge in [-0.15, -0.1) is 0 Å². The van der Waals surface area contributed by atoms with E-state index in [4.69, 9.17) is 33.4 Å². The minimum atomic E-state index is -0.532. The quantitative estimate of drug-likeness (QED) is 0.194. The molecule has 2 fully saturated rings. The first kappa shape index (κ1) is 42.7. The first-order valence-electron chi connectivity index (χ1n) is 19.0. The number of aryl methyl sites for hydroxylation is 5. The molecule has 0 amide bonds. The van der Waals surface area contributed by atoms with E-state index >= 15 is 0 Å². The van der Waals surface area contributed by atoms with Crippen LogP contribution < -0.4 is 5.32 Å². The van der Waals surface area contributed by atoms with Crippen LogP contribution in [0.3, 0.4) is 0 Å². The average molecular weight is 740 g/mol. The number of pyridine rings is 2. The number of rotatable bonds is 13. The topological polar surface area (TPSA) is 128 Å². The summed E-state index contributed by atoms with van der Waals surface area (Å²) in [5, 5.41) is 3.57. The SMILES string of the molecule is CCOCC(=O)Cc1c(C)nc(C)c(C)c1NCC1(C)COC(C)(C)OC1.CCOCc1nc2c(C)nc(C)c(C)c2n1CC1(C)COC(C)(C)OC1. The van der Waals surface area contributed by atoms with Crippen LogP contribution in [0.4, 0.5) is 5.69 Å². The van der Waals surface area contributed by atoms with Crippen LogP contribution in [-0.2, 0) is 52.8 Å². The predicted molar refractivity (Wildman–Crippen MR) is 207 cm³/mol. The van der Waals surface area contributed by atoms with Crippen LogP contribution in [0.15, 0.2) is 0 Å². The number of hydrogen-bond acceptors (Lipinski definition) is 11. The number of nitrogens with zero attached hydrogens (tertiary/aromatic N) is 4. The highest BCUT2D eigenvalue weighted by Gasteiger charge is 2.39. The first-order chi connectivity index (χ1) is 24.7. The van der Waals surface area contributed by atoms with Gasteiger partial charge in [-0.3, -0.25) is 14.8 Å². The van der Waals surface area contributed by atoms with Crippen LogP contribution in [-0.4, -0.2) is 89.7 Å². The van der Waals surface area contributed by atoms with Gasteiger partial charge in [-0.2, -0.15) is 0 Å². The van der Waals surface area contributed by atoms with Crippen molar-refractivity contribution in [3.05, 3.63) is 45.3 Å². The Labute approximate surface area is 317 Å². The Kier molecular flexibility index (Phi) is 13.9. The number of fused-ring (bicyclic) bond motifs is 1. The molecule has 0 atom stereocenters. The second kappa shape index (κ2) is 17.2. The monoisotopic (exact) mass is 739 g/mol. The van der Waals surface area contributed by atoms with Gasteiger partial charge in [0.2, 0.25) is 0 Å². The molecule has 5 rings (SSSR count). The number of imidazole rings is 1. The normalized spacial score (nSPS) is 18.8. The van der Waals surface area contributed by atoms with Gasteiger partial charge in [0.15, 0.2) is 17.4 Å². The molecule has 0 aromatic carbocycles. The number of aromatic nitrogens is 4. The first-order valence-corrected chi connectivity index (χ1v) is 19.0. The van der Waals surface area contributed by atoms with Gasteiger partial charge in [-0.25, -0.2) is 4.98 Å². The van der Waals surface area contributed by atoms with E-state index < -0.39 is 11.6 Å². The molecule has 2 aliphatic rings. The summed E-state index contributed by atoms with van der Waals surface area (Å²) in [5.41, 5.74) is 9.89. The summed E-state index contributed by atoms with van der Waals surface area (Å²) in [5.74, 6) is -0.0507. The highest BCUT2D eigenvalue weighted by Crippen LogP contribution is 2.35. The molecule has 0 radical (unpaired) electrons. The van der Waals surface area contributed by atoms with Crippen molar-refractivity contribution in [1.82, 2.24) is 19.5 Å². The van der Waals surface area contributed by atoms with Gasteiger partial charge < -0.3 is 38.3 Å². The highest BCUT2D eigenvalue weighted by atomic mass is 16.7. The van der Waals surface area contributed by atoms with Crippen LogP contribution in [0, 0.1) is 52.4 Å². The summed E-state index contributed by atoms with van der Waals surface area (Å²) in [6.07, 6.45) is 0.318. The van der Waals surface area contributed by atoms with E-state index in [0.29, 0.717) is 59.2 Å². The van der Waals surface area contributed by atoms with E-state index in [-0.39, 0.29) is 23.2 Å². The lowest BCUT2D eigenvalue weighted by Gasteiger charge is -2.41. The van der Waals surface area contributed by atoms with Crippen molar-refractivity contribution in [3.63, 3.8) is 0 Å². The molecule has 12 nitrogen and oxygen atoms in total. The number of hydrogen-bond donors (Lipinski definition) is 1. The minimum Gasteiger partial charge on any atom is -0.384 e. The number of ketones is 1. The molecule has 3 aromatic heterocycles. The van der Waals surface area contributed by atoms with Crippen molar-refractivity contribution >= 4 is 22.5 Å². The standard InChI is InChI=1S/C21H34N2O4.C20H31N3O3/c1-8-25-10-17(24)9-18-16(4)23-15(3)14(2)19(18)22-11-21(7)12-26-20(5,6)27-13-21;1-8-24-9-16-22-17-15(4)21-14(3)13(2)18(17)23(16)10-20(7)11-25-19(5,6)26-12-20/h8-13H2,1-7H3,(H,22,23);8-12H2,1-7H3. The molecule has 296 valence electrons. The molecule has 1 N–H and O–H groups in total. The highest BCUT2D eigenvalue weighted by molar-refractivity contribution is 5.84. The molecule has 5 heterocycles. The Balaban J connectivity index is 0.000000237. The second-order valence-corrected chi connectivity index (χ2v) is 16.4. The van der Waals surface area contributed by atoms with Gasteiger partial charge in [-0.05, 0) is 94.2 Å². The Morgan fingerprint density at radius 1 is 0.717 bits per heavy atom. The third-order valence-electron chi connectivity index (χ3n) is 10.2. The van der Waals surface area contributed by atoms with Crippen molar-refractivity contribution in [2.24, 2.45) is 10.8 Å². The van der Waals surface area contributed by atoms with Crippen molar-refractivity contribution in [1.29, 1.82) is 0 Å². The molecule has 53 heavy (non-hydrogen) atoms. The lowest BCUT2D eigenvalue weighted by Crippen LogP contribution is -2.48. The van der Waals surface area contributed by atoms with E-state index in [0.717, 1.165) is 63.0 Å². The van der Waals surface area contributed by atoms with Crippen molar-refractivity contribution < 1.29 is 33.2 Å². The average Bonchev–Trinajstić information content (AvgIpc) is 3.45. The molecular formula is C41H65N5O7. The zero-order valence-corrected chi connectivity index (χ0v) is 34.9. The van der Waals surface area contributed by atoms with Crippen LogP contribution in [0.25, 0.3) is 11.0 Å². The molecule has 2 aliphatic heterocycles. The van der Waals surface area contributed by atoms with E-state index in [2.05, 4.69) is 47.5 Å². The maximum Gasteiger partial charge on any atom is 0.162 e. The largest absolute Gasteiger partial charge is 0.384 e. The van der Waals surface area contributed by atoms with Gasteiger partial charge in [0.25, 0.3) is 0 Å². The second-order valence-electron chi connectivity index (χ2n) is 16.4. The fourth-order valence-electron chi connectivity index (χ4n) is 6.51. The summed E-state index contributed by atoms with van der Waals surface area (Å²) < 4.78 is 36.8. The Morgan fingerprint density at radius 3 is 1.81 bits per heavy atom. The van der Waals surface area contributed by atoms with Crippen LogP contribution in [0.5, 0.6) is 0 Å². The predicted octanol–water partition coefficient (Wildman–Crippen LogP) is 7.04. The Morgan fingerprint density at radius 2 is 1.25 bits per heavy atom. The van der Waals surface area contributed by atoms with Gasteiger partial charge in [0, 0.05) is 71.9 Å². The molecule has 3 aromatic rings. The van der Waals surface area contributed by atoms with E-state index in [9.17, 15) is 4.79 Å². The minimum absolute atomic E-state index is 0.0605. The van der Waals surface area contributed by atoms with Gasteiger partial charge >= 0.3 is 0 Å². The molecule has 0 saturated carbocycles. The zero-order chi connectivity index (χ0) is 39.4. The molecular weight excluding hydrogens is 674 g/mol. The molecule has 0 spiro atoms. The number of Topliss-reactive ketones (excluding diaryl/α,β-unsaturated/α-hetero) is 1. The van der Waals surface area contributed by atoms with Crippen molar-refractivity contribution in [3.8, 4) is 0 Å². The van der Waals surface area contributed by atoms with Crippen molar-refractivity contribution in [2.75, 3.05) is 58.1 Å². The van der Waals surface area contributed by atoms with Crippen molar-refractivity contribution in [2.45, 2.75) is 128 Å². The summed E-state index contributed by atoms with van der Waals surface area (Å²) >= 11 is 0. The van der Waals surface area contributed by atoms with E-state index in [1.165, 1.54) is 5.56 Å². The van der Waals surface area contributed by atoms with Crippen LogP contribution in [0.2, 0.25) is 0 Å². The van der Waals surface area contributed by atoms with E-state index in [1.807, 2.05) is 69.2 Å². The maximum absolute atomic E-state index is 12.3. The summed E-state index contributed by atoms with van der Waals surface area (Å²) in [7, 11) is 0. The number of anilines is 1. The number of ether oxygens (including phenoxy) is 6. The summed E-state index contributed by atoms with van der Waals surface area (Å²) in [6, 6.07) is 0. The summed E-state index contributed by atoms with van der Waals surface area (Å²) in [4.78, 5) is 26.4. The van der Waals surface area contributed by atoms with E-state index in [1.54, 1.807) is 0 Å². The number of carbonyl (C=O) groups excluding carboxylic acids is 1. The number of nitrogens with one attached hydrogen (secondary N) is 1. The molecule has 0 bridgehead atoms. The number of carbonyl (C=O) groups is 1. The molecule has 0 unspecified atom stereocenters. The van der Waals surface area contributed by atoms with Gasteiger partial charge in [0.05, 0.1) is 37.6 Å². The Bertz CT molecular complexity index is 1730. The zero-order valence-electron chi connectivity index (χ0n) is 34.9. The fourth-order valence-corrected chi connectivity index (χ4v) is 6.51. The summed E-state index contributed by atoms with van der Waals surface area (Å²) in [6.45, 7) is 34.0. The maximum atomic E-state index is 12.3. The Hall–Kier alpha value is -3.00. The molecule has 0 aliphatic carbocycles. The molecule has 12 heteroatoms. The smallest absolute Gasteiger partial charge is 0.162 e. The molecule has 2 saturated heterocycles. The lowest BCUT2D eigenvalue weighted by atomic mass is 9.90. The van der Waals surface area contributed by atoms with Crippen LogP contribution >= 0.6 is 0 Å². The van der Waals surface area contributed by atoms with Gasteiger partial charge in [0.1, 0.15) is 24.6 Å². The van der Waals surface area contributed by atoms with Crippen LogP contribution in [0.1, 0.15) is 101 Å². The third kappa shape index (κ3) is 10.8. The fraction of sp³-hybridized carbons (Fsp3) is 0.707. The third-order valence-corrected chi connectivity index (χ3v) is 10.2. The lowest BCUT2D eigenvalue weighted by molar-refractivity contribution is -0.284.